The highest BCUT2D eigenvalue weighted by atomic mass is 33.1. The summed E-state index contributed by atoms with van der Waals surface area (Å²) in [6.45, 7) is 6.71. The van der Waals surface area contributed by atoms with Crippen molar-refractivity contribution in [2.45, 2.75) is 26.3 Å². The number of anilines is 1. The average Bonchev–Trinajstić information content (AvgIpc) is 3.18. The molecule has 152 valence electrons. The summed E-state index contributed by atoms with van der Waals surface area (Å²) in [5, 5.41) is 6.16. The minimum atomic E-state index is -0.0915. The second-order valence-electron chi connectivity index (χ2n) is 8.74. The Morgan fingerprint density at radius 3 is 2.26 bits per heavy atom. The van der Waals surface area contributed by atoms with E-state index in [2.05, 4.69) is 98.9 Å². The summed E-state index contributed by atoms with van der Waals surface area (Å²) in [5.41, 5.74) is 8.42. The molecule has 0 saturated heterocycles. The molecule has 0 unspecified atom stereocenters. The number of pyridine rings is 1. The van der Waals surface area contributed by atoms with Gasteiger partial charge in [0.05, 0.1) is 16.6 Å². The molecule has 0 saturated carbocycles. The lowest BCUT2D eigenvalue weighted by Gasteiger charge is -2.35. The van der Waals surface area contributed by atoms with Gasteiger partial charge in [-0.05, 0) is 56.2 Å². The van der Waals surface area contributed by atoms with Gasteiger partial charge in [0.25, 0.3) is 0 Å². The van der Waals surface area contributed by atoms with Gasteiger partial charge in [0, 0.05) is 37.4 Å². The Morgan fingerprint density at radius 1 is 0.871 bits per heavy atom. The lowest BCUT2D eigenvalue weighted by Crippen LogP contribution is -2.35. The molecule has 0 spiro atoms. The van der Waals surface area contributed by atoms with Crippen LogP contribution in [0.25, 0.3) is 33.5 Å². The van der Waals surface area contributed by atoms with Crippen molar-refractivity contribution in [2.75, 3.05) is 5.32 Å². The number of nitrogens with zero attached hydrogens (tertiary/aromatic N) is 1. The third-order valence-electron chi connectivity index (χ3n) is 6.05. The zero-order chi connectivity index (χ0) is 21.2. The van der Waals surface area contributed by atoms with Gasteiger partial charge >= 0.3 is 0 Å². The maximum atomic E-state index is 4.90. The largest absolute Gasteiger partial charge is 0.375 e. The van der Waals surface area contributed by atoms with E-state index in [1.165, 1.54) is 48.5 Å². The first-order valence-electron chi connectivity index (χ1n) is 10.5. The quantitative estimate of drug-likeness (QED) is 0.240. The molecule has 0 bridgehead atoms. The van der Waals surface area contributed by atoms with Crippen LogP contribution in [-0.2, 0) is 0 Å². The Labute approximate surface area is 190 Å². The molecule has 1 N–H and O–H groups in total. The van der Waals surface area contributed by atoms with E-state index in [9.17, 15) is 0 Å². The molecule has 0 amide bonds. The van der Waals surface area contributed by atoms with Gasteiger partial charge in [-0.1, -0.05) is 70.1 Å². The predicted molar refractivity (Wildman–Crippen MR) is 138 cm³/mol. The highest BCUT2D eigenvalue weighted by Crippen LogP contribution is 2.61. The van der Waals surface area contributed by atoms with Crippen molar-refractivity contribution < 1.29 is 0 Å². The Bertz CT molecular complexity index is 1390. The van der Waals surface area contributed by atoms with E-state index >= 15 is 0 Å². The highest BCUT2D eigenvalue weighted by Gasteiger charge is 2.38. The Morgan fingerprint density at radius 2 is 1.55 bits per heavy atom. The summed E-state index contributed by atoms with van der Waals surface area (Å²) in [6.07, 6.45) is 2.39. The molecule has 0 atom stereocenters. The predicted octanol–water partition coefficient (Wildman–Crippen LogP) is 8.05. The summed E-state index contributed by atoms with van der Waals surface area (Å²) in [4.78, 5) is 7.63. The number of hydrogen-bond donors (Lipinski definition) is 1. The number of rotatable bonds is 1. The van der Waals surface area contributed by atoms with Gasteiger partial charge in [-0.2, -0.15) is 0 Å². The average molecular weight is 439 g/mol. The summed E-state index contributed by atoms with van der Waals surface area (Å²) in [7, 11) is 3.76. The molecular formula is C27H22N2S2. The minimum Gasteiger partial charge on any atom is -0.375 e. The third kappa shape index (κ3) is 3.00. The molecule has 31 heavy (non-hydrogen) atoms. The van der Waals surface area contributed by atoms with Crippen molar-refractivity contribution in [1.82, 2.24) is 4.98 Å². The first-order chi connectivity index (χ1) is 15.0. The van der Waals surface area contributed by atoms with Crippen molar-refractivity contribution in [1.29, 1.82) is 0 Å². The summed E-state index contributed by atoms with van der Waals surface area (Å²) in [6, 6.07) is 23.7. The second-order valence-corrected chi connectivity index (χ2v) is 10.9. The number of benzene rings is 3. The van der Waals surface area contributed by atoms with Crippen LogP contribution in [0.5, 0.6) is 0 Å². The van der Waals surface area contributed by atoms with Crippen LogP contribution in [0.2, 0.25) is 0 Å². The fraction of sp³-hybridized carbons (Fsp3) is 0.148. The van der Waals surface area contributed by atoms with Gasteiger partial charge < -0.3 is 5.32 Å². The first-order valence-corrected chi connectivity index (χ1v) is 12.6. The van der Waals surface area contributed by atoms with E-state index in [-0.39, 0.29) is 5.54 Å². The molecule has 4 aromatic rings. The van der Waals surface area contributed by atoms with Crippen molar-refractivity contribution in [3.05, 3.63) is 93.2 Å². The van der Waals surface area contributed by atoms with Gasteiger partial charge in [0.1, 0.15) is 0 Å². The fourth-order valence-corrected chi connectivity index (χ4v) is 7.63. The molecule has 4 heteroatoms. The normalized spacial score (nSPS) is 18.4. The maximum Gasteiger partial charge on any atom is 0.0715 e. The van der Waals surface area contributed by atoms with Crippen LogP contribution in [0.4, 0.5) is 5.69 Å². The number of fused-ring (bicyclic) bond motifs is 4. The van der Waals surface area contributed by atoms with Crippen molar-refractivity contribution in [2.24, 2.45) is 0 Å². The van der Waals surface area contributed by atoms with Crippen LogP contribution in [0.3, 0.4) is 0 Å². The van der Waals surface area contributed by atoms with Crippen LogP contribution in [0.1, 0.15) is 30.5 Å². The Kier molecular flexibility index (Phi) is 4.24. The lowest BCUT2D eigenvalue weighted by atomic mass is 9.88. The highest BCUT2D eigenvalue weighted by molar-refractivity contribution is 8.80. The van der Waals surface area contributed by atoms with Crippen LogP contribution >= 0.6 is 21.6 Å². The molecule has 3 heterocycles. The zero-order valence-corrected chi connectivity index (χ0v) is 19.3. The summed E-state index contributed by atoms with van der Waals surface area (Å²) < 4.78 is 0. The molecule has 0 aliphatic carbocycles. The van der Waals surface area contributed by atoms with E-state index in [1.807, 2.05) is 21.6 Å². The second kappa shape index (κ2) is 6.91. The molecule has 3 aromatic carbocycles. The number of hydrogen-bond acceptors (Lipinski definition) is 4. The van der Waals surface area contributed by atoms with E-state index in [0.29, 0.717) is 0 Å². The van der Waals surface area contributed by atoms with E-state index in [4.69, 9.17) is 4.98 Å². The number of para-hydroxylation sites is 2. The third-order valence-corrected chi connectivity index (χ3v) is 8.81. The topological polar surface area (TPSA) is 24.9 Å². The molecule has 0 radical (unpaired) electrons. The standard InChI is InChI=1S/C27H22N2S2/c1-16-12-13-19-23(14-16)29-27(2,3)26-25(19)24(30-31-26)15-20-17-8-4-6-10-21(17)28-22-11-7-5-9-18(20)22/h4-15,29H,1-3H3/b24-15-. The van der Waals surface area contributed by atoms with Crippen LogP contribution in [0.15, 0.2) is 76.5 Å². The van der Waals surface area contributed by atoms with E-state index in [0.717, 1.165) is 11.0 Å². The molecule has 2 aliphatic rings. The number of aryl methyl sites for hydroxylation is 1. The maximum absolute atomic E-state index is 4.90. The molecule has 1 aromatic heterocycles. The smallest absolute Gasteiger partial charge is 0.0715 e. The monoisotopic (exact) mass is 438 g/mol. The van der Waals surface area contributed by atoms with E-state index in [1.54, 1.807) is 0 Å². The molecule has 6 rings (SSSR count). The molecule has 2 aliphatic heterocycles. The van der Waals surface area contributed by atoms with Gasteiger partial charge in [0.15, 0.2) is 0 Å². The minimum absolute atomic E-state index is 0.0915. The van der Waals surface area contributed by atoms with Crippen molar-refractivity contribution in [3.8, 4) is 0 Å². The van der Waals surface area contributed by atoms with Crippen LogP contribution in [0, 0.1) is 6.92 Å². The Balaban J connectivity index is 1.64. The SMILES string of the molecule is Cc1ccc2c(c1)NC(C)(C)C1=C2/C(=C/c2c3ccccc3nc3ccccc23)SS1. The van der Waals surface area contributed by atoms with Gasteiger partial charge in [-0.3, -0.25) is 0 Å². The number of allylic oxidation sites excluding steroid dienone is 1. The van der Waals surface area contributed by atoms with Crippen LogP contribution < -0.4 is 5.32 Å². The fourth-order valence-electron chi connectivity index (χ4n) is 4.58. The Hall–Kier alpha value is -2.69. The van der Waals surface area contributed by atoms with Gasteiger partial charge in [-0.25, -0.2) is 4.98 Å². The van der Waals surface area contributed by atoms with Crippen LogP contribution in [-0.4, -0.2) is 10.5 Å². The molecular weight excluding hydrogens is 416 g/mol. The van der Waals surface area contributed by atoms with E-state index < -0.39 is 0 Å². The molecule has 2 nitrogen and oxygen atoms in total. The van der Waals surface area contributed by atoms with Crippen molar-refractivity contribution >= 4 is 60.7 Å². The van der Waals surface area contributed by atoms with Crippen molar-refractivity contribution in [3.63, 3.8) is 0 Å². The lowest BCUT2D eigenvalue weighted by molar-refractivity contribution is 0.698. The summed E-state index contributed by atoms with van der Waals surface area (Å²) in [5.74, 6) is 0. The zero-order valence-electron chi connectivity index (χ0n) is 17.7. The number of aromatic nitrogens is 1. The summed E-state index contributed by atoms with van der Waals surface area (Å²) >= 11 is 0. The molecule has 0 fully saturated rings. The van der Waals surface area contributed by atoms with Gasteiger partial charge in [-0.15, -0.1) is 0 Å². The van der Waals surface area contributed by atoms with Gasteiger partial charge in [0.2, 0.25) is 0 Å². The number of nitrogens with one attached hydrogen (secondary N) is 1. The first kappa shape index (κ1) is 19.0.